The predicted octanol–water partition coefficient (Wildman–Crippen LogP) is 2.63. The Morgan fingerprint density at radius 1 is 1.33 bits per heavy atom. The van der Waals surface area contributed by atoms with Crippen LogP contribution in [0.5, 0.6) is 5.75 Å². The zero-order valence-electron chi connectivity index (χ0n) is 12.1. The third-order valence-corrected chi connectivity index (χ3v) is 2.61. The molecule has 0 saturated heterocycles. The number of methoxy groups -OCH3 is 1. The number of anilines is 2. The Bertz CT molecular complexity index is 620. The van der Waals surface area contributed by atoms with Crippen molar-refractivity contribution in [2.24, 2.45) is 5.92 Å². The van der Waals surface area contributed by atoms with Gasteiger partial charge in [-0.3, -0.25) is 4.79 Å². The van der Waals surface area contributed by atoms with Gasteiger partial charge in [-0.2, -0.15) is 10.5 Å². The number of hydrogen-bond acceptors (Lipinski definition) is 5. The average molecular weight is 284 g/mol. The second-order valence-corrected chi connectivity index (χ2v) is 4.48. The molecule has 0 radical (unpaired) electrons. The molecule has 0 heterocycles. The summed E-state index contributed by atoms with van der Waals surface area (Å²) in [4.78, 5) is 11.7. The van der Waals surface area contributed by atoms with E-state index in [0.717, 1.165) is 0 Å². The van der Waals surface area contributed by atoms with Gasteiger partial charge in [0, 0.05) is 23.9 Å². The fourth-order valence-corrected chi connectivity index (χ4v) is 1.41. The van der Waals surface area contributed by atoms with Crippen LogP contribution in [0.15, 0.2) is 30.0 Å². The van der Waals surface area contributed by atoms with Crippen LogP contribution in [0.25, 0.3) is 0 Å². The normalized spacial score (nSPS) is 9.24. The Balaban J connectivity index is 2.94. The smallest absolute Gasteiger partial charge is 0.227 e. The van der Waals surface area contributed by atoms with E-state index in [2.05, 4.69) is 10.6 Å². The molecule has 0 aromatic heterocycles. The molecule has 0 atom stereocenters. The van der Waals surface area contributed by atoms with Crippen molar-refractivity contribution >= 4 is 17.3 Å². The quantitative estimate of drug-likeness (QED) is 0.810. The summed E-state index contributed by atoms with van der Waals surface area (Å²) in [6.07, 6.45) is 1.31. The van der Waals surface area contributed by atoms with Crippen LogP contribution < -0.4 is 15.4 Å². The molecule has 1 aromatic rings. The highest BCUT2D eigenvalue weighted by molar-refractivity contribution is 5.93. The zero-order valence-corrected chi connectivity index (χ0v) is 12.1. The lowest BCUT2D eigenvalue weighted by Crippen LogP contribution is -2.18. The topological polar surface area (TPSA) is 97.9 Å². The highest BCUT2D eigenvalue weighted by atomic mass is 16.5. The van der Waals surface area contributed by atoms with Gasteiger partial charge in [0.05, 0.1) is 12.8 Å². The number of nitriles is 2. The van der Waals surface area contributed by atoms with Crippen molar-refractivity contribution in [3.8, 4) is 17.9 Å². The van der Waals surface area contributed by atoms with Crippen molar-refractivity contribution in [3.63, 3.8) is 0 Å². The molecule has 0 saturated carbocycles. The van der Waals surface area contributed by atoms with Gasteiger partial charge in [0.15, 0.2) is 0 Å². The maximum Gasteiger partial charge on any atom is 0.227 e. The summed E-state index contributed by atoms with van der Waals surface area (Å²) in [7, 11) is 1.50. The van der Waals surface area contributed by atoms with Crippen LogP contribution in [0.1, 0.15) is 13.8 Å². The van der Waals surface area contributed by atoms with Crippen LogP contribution in [0.4, 0.5) is 11.4 Å². The first kappa shape index (κ1) is 16.1. The number of carbonyl (C=O) groups is 1. The minimum Gasteiger partial charge on any atom is -0.494 e. The molecule has 0 aliphatic rings. The van der Waals surface area contributed by atoms with Crippen molar-refractivity contribution in [2.45, 2.75) is 13.8 Å². The van der Waals surface area contributed by atoms with Gasteiger partial charge in [-0.1, -0.05) is 13.8 Å². The van der Waals surface area contributed by atoms with E-state index in [-0.39, 0.29) is 17.4 Å². The monoisotopic (exact) mass is 284 g/mol. The van der Waals surface area contributed by atoms with Crippen LogP contribution in [0, 0.1) is 28.6 Å². The van der Waals surface area contributed by atoms with Crippen LogP contribution >= 0.6 is 0 Å². The van der Waals surface area contributed by atoms with Gasteiger partial charge >= 0.3 is 0 Å². The third-order valence-electron chi connectivity index (χ3n) is 2.61. The number of nitrogens with zero attached hydrogens (tertiary/aromatic N) is 2. The molecular formula is C15H16N4O2. The summed E-state index contributed by atoms with van der Waals surface area (Å²) < 4.78 is 5.22. The lowest BCUT2D eigenvalue weighted by atomic mass is 10.2. The number of nitrogens with one attached hydrogen (secondary N) is 2. The first-order valence-corrected chi connectivity index (χ1v) is 6.27. The second-order valence-electron chi connectivity index (χ2n) is 4.48. The van der Waals surface area contributed by atoms with Gasteiger partial charge in [0.2, 0.25) is 5.91 Å². The molecule has 6 nitrogen and oxygen atoms in total. The Morgan fingerprint density at radius 2 is 2.00 bits per heavy atom. The van der Waals surface area contributed by atoms with Gasteiger partial charge in [0.25, 0.3) is 0 Å². The lowest BCUT2D eigenvalue weighted by Gasteiger charge is -2.13. The largest absolute Gasteiger partial charge is 0.494 e. The SMILES string of the molecule is COc1cc(NC=C(C#N)C#N)ccc1NC(=O)C(C)C. The molecule has 0 bridgehead atoms. The molecule has 0 aliphatic heterocycles. The number of rotatable bonds is 5. The molecule has 0 spiro atoms. The Kier molecular flexibility index (Phi) is 5.79. The summed E-state index contributed by atoms with van der Waals surface area (Å²) in [6, 6.07) is 8.56. The molecule has 2 N–H and O–H groups in total. The number of ether oxygens (including phenoxy) is 1. The third kappa shape index (κ3) is 4.55. The molecule has 108 valence electrons. The van der Waals surface area contributed by atoms with E-state index in [1.165, 1.54) is 13.3 Å². The van der Waals surface area contributed by atoms with Crippen LogP contribution in [0.2, 0.25) is 0 Å². The Labute approximate surface area is 123 Å². The van der Waals surface area contributed by atoms with Crippen molar-refractivity contribution < 1.29 is 9.53 Å². The first-order chi connectivity index (χ1) is 10.0. The maximum absolute atomic E-state index is 11.7. The van der Waals surface area contributed by atoms with Crippen LogP contribution in [0.3, 0.4) is 0 Å². The first-order valence-electron chi connectivity index (χ1n) is 6.27. The van der Waals surface area contributed by atoms with E-state index in [4.69, 9.17) is 15.3 Å². The van der Waals surface area contributed by atoms with E-state index in [1.54, 1.807) is 44.2 Å². The lowest BCUT2D eigenvalue weighted by molar-refractivity contribution is -0.118. The minimum atomic E-state index is -0.135. The molecule has 21 heavy (non-hydrogen) atoms. The van der Waals surface area contributed by atoms with Gasteiger partial charge in [-0.05, 0) is 12.1 Å². The number of hydrogen-bond donors (Lipinski definition) is 2. The average Bonchev–Trinajstić information content (AvgIpc) is 2.49. The van der Waals surface area contributed by atoms with E-state index in [0.29, 0.717) is 17.1 Å². The highest BCUT2D eigenvalue weighted by Crippen LogP contribution is 2.28. The molecule has 6 heteroatoms. The van der Waals surface area contributed by atoms with Crippen LogP contribution in [-0.2, 0) is 4.79 Å². The van der Waals surface area contributed by atoms with Crippen LogP contribution in [-0.4, -0.2) is 13.0 Å². The molecular weight excluding hydrogens is 268 g/mol. The van der Waals surface area contributed by atoms with Crippen molar-refractivity contribution in [3.05, 3.63) is 30.0 Å². The maximum atomic E-state index is 11.7. The number of carbonyl (C=O) groups excluding carboxylic acids is 1. The molecule has 0 unspecified atom stereocenters. The van der Waals surface area contributed by atoms with Gasteiger partial charge < -0.3 is 15.4 Å². The summed E-state index contributed by atoms with van der Waals surface area (Å²) in [5.74, 6) is 0.243. The molecule has 1 rings (SSSR count). The fraction of sp³-hybridized carbons (Fsp3) is 0.267. The van der Waals surface area contributed by atoms with Crippen molar-refractivity contribution in [1.82, 2.24) is 0 Å². The molecule has 1 aromatic carbocycles. The summed E-state index contributed by atoms with van der Waals surface area (Å²) in [5, 5.41) is 22.9. The number of allylic oxidation sites excluding steroid dienone is 1. The van der Waals surface area contributed by atoms with E-state index < -0.39 is 0 Å². The number of amides is 1. The zero-order chi connectivity index (χ0) is 15.8. The van der Waals surface area contributed by atoms with Crippen molar-refractivity contribution in [2.75, 3.05) is 17.7 Å². The highest BCUT2D eigenvalue weighted by Gasteiger charge is 2.11. The molecule has 0 aliphatic carbocycles. The Morgan fingerprint density at radius 3 is 2.52 bits per heavy atom. The summed E-state index contributed by atoms with van der Waals surface area (Å²) >= 11 is 0. The fourth-order valence-electron chi connectivity index (χ4n) is 1.41. The van der Waals surface area contributed by atoms with Crippen molar-refractivity contribution in [1.29, 1.82) is 10.5 Å². The van der Waals surface area contributed by atoms with E-state index >= 15 is 0 Å². The van der Waals surface area contributed by atoms with Gasteiger partial charge in [0.1, 0.15) is 23.5 Å². The van der Waals surface area contributed by atoms with E-state index in [1.807, 2.05) is 0 Å². The molecule has 1 amide bonds. The summed E-state index contributed by atoms with van der Waals surface area (Å²) in [5.41, 5.74) is 1.16. The standard InChI is InChI=1S/C15H16N4O2/c1-10(2)15(20)19-13-5-4-12(6-14(13)21-3)18-9-11(7-16)8-17/h4-6,9-10,18H,1-3H3,(H,19,20). The van der Waals surface area contributed by atoms with Gasteiger partial charge in [-0.15, -0.1) is 0 Å². The Hall–Kier alpha value is -2.99. The second kappa shape index (κ2) is 7.56. The summed E-state index contributed by atoms with van der Waals surface area (Å²) in [6.45, 7) is 3.60. The van der Waals surface area contributed by atoms with Gasteiger partial charge in [-0.25, -0.2) is 0 Å². The minimum absolute atomic E-state index is 0.0360. The predicted molar refractivity (Wildman–Crippen MR) is 79.4 cm³/mol. The molecule has 0 fully saturated rings. The number of benzene rings is 1. The van der Waals surface area contributed by atoms with E-state index in [9.17, 15) is 4.79 Å².